The zero-order chi connectivity index (χ0) is 12.7. The van der Waals surface area contributed by atoms with Crippen LogP contribution in [0.25, 0.3) is 0 Å². The summed E-state index contributed by atoms with van der Waals surface area (Å²) in [6.07, 6.45) is 2.44. The van der Waals surface area contributed by atoms with Crippen LogP contribution in [0.1, 0.15) is 35.2 Å². The summed E-state index contributed by atoms with van der Waals surface area (Å²) in [4.78, 5) is 11.7. The Morgan fingerprint density at radius 2 is 2.06 bits per heavy atom. The van der Waals surface area contributed by atoms with E-state index in [-0.39, 0.29) is 12.5 Å². The van der Waals surface area contributed by atoms with Crippen LogP contribution in [0.5, 0.6) is 0 Å². The van der Waals surface area contributed by atoms with E-state index in [2.05, 4.69) is 5.32 Å². The Hall–Kier alpha value is -1.42. The number of hydrogen-bond donors (Lipinski definition) is 2. The maximum atomic E-state index is 13.1. The quantitative estimate of drug-likeness (QED) is 0.746. The van der Waals surface area contributed by atoms with Gasteiger partial charge in [0, 0.05) is 18.7 Å². The van der Waals surface area contributed by atoms with Crippen molar-refractivity contribution in [1.29, 1.82) is 0 Å². The number of aryl methyl sites for hydroxylation is 1. The molecule has 1 aromatic rings. The molecular formula is C13H18FNO2. The number of halogens is 1. The van der Waals surface area contributed by atoms with Crippen LogP contribution in [0.4, 0.5) is 4.39 Å². The predicted octanol–water partition coefficient (Wildman–Crippen LogP) is 2.03. The molecule has 1 rings (SSSR count). The van der Waals surface area contributed by atoms with E-state index in [0.29, 0.717) is 12.1 Å². The fourth-order valence-electron chi connectivity index (χ4n) is 1.58. The summed E-state index contributed by atoms with van der Waals surface area (Å²) >= 11 is 0. The van der Waals surface area contributed by atoms with E-state index >= 15 is 0 Å². The number of unbranched alkanes of at least 4 members (excludes halogenated alkanes) is 2. The first-order valence-electron chi connectivity index (χ1n) is 5.79. The van der Waals surface area contributed by atoms with Crippen molar-refractivity contribution < 1.29 is 14.3 Å². The molecule has 0 unspecified atom stereocenters. The maximum Gasteiger partial charge on any atom is 0.251 e. The van der Waals surface area contributed by atoms with Crippen molar-refractivity contribution >= 4 is 5.91 Å². The molecule has 0 bridgehead atoms. The molecule has 94 valence electrons. The molecule has 4 heteroatoms. The van der Waals surface area contributed by atoms with Gasteiger partial charge in [0.25, 0.3) is 5.91 Å². The van der Waals surface area contributed by atoms with Crippen molar-refractivity contribution in [3.05, 3.63) is 35.1 Å². The van der Waals surface area contributed by atoms with E-state index < -0.39 is 5.82 Å². The van der Waals surface area contributed by atoms with Gasteiger partial charge in [-0.3, -0.25) is 4.79 Å². The lowest BCUT2D eigenvalue weighted by Gasteiger charge is -2.06. The largest absolute Gasteiger partial charge is 0.396 e. The van der Waals surface area contributed by atoms with Gasteiger partial charge in [0.15, 0.2) is 0 Å². The summed E-state index contributed by atoms with van der Waals surface area (Å²) in [6.45, 7) is 2.48. The Morgan fingerprint density at radius 3 is 2.71 bits per heavy atom. The number of hydrogen-bond acceptors (Lipinski definition) is 2. The first kappa shape index (κ1) is 13.6. The number of carbonyl (C=O) groups excluding carboxylic acids is 1. The summed E-state index contributed by atoms with van der Waals surface area (Å²) in [5.74, 6) is -0.646. The van der Waals surface area contributed by atoms with E-state index in [1.165, 1.54) is 12.1 Å². The lowest BCUT2D eigenvalue weighted by atomic mass is 10.1. The summed E-state index contributed by atoms with van der Waals surface area (Å²) in [5.41, 5.74) is 1.08. The second-order valence-electron chi connectivity index (χ2n) is 4.06. The highest BCUT2D eigenvalue weighted by atomic mass is 19.1. The minimum absolute atomic E-state index is 0.178. The molecule has 3 nitrogen and oxygen atoms in total. The number of aliphatic hydroxyl groups is 1. The predicted molar refractivity (Wildman–Crippen MR) is 64.4 cm³/mol. The number of nitrogens with one attached hydrogen (secondary N) is 1. The van der Waals surface area contributed by atoms with Crippen molar-refractivity contribution in [2.75, 3.05) is 13.2 Å². The zero-order valence-electron chi connectivity index (χ0n) is 10.0. The minimum Gasteiger partial charge on any atom is -0.396 e. The molecular weight excluding hydrogens is 221 g/mol. The number of benzene rings is 1. The molecule has 0 aliphatic rings. The van der Waals surface area contributed by atoms with Crippen molar-refractivity contribution in [1.82, 2.24) is 5.32 Å². The van der Waals surface area contributed by atoms with Gasteiger partial charge in [0.1, 0.15) is 5.82 Å². The molecule has 2 N–H and O–H groups in total. The smallest absolute Gasteiger partial charge is 0.251 e. The lowest BCUT2D eigenvalue weighted by molar-refractivity contribution is 0.0952. The second-order valence-corrected chi connectivity index (χ2v) is 4.06. The van der Waals surface area contributed by atoms with Crippen LogP contribution in [0.3, 0.4) is 0 Å². The molecule has 0 saturated carbocycles. The van der Waals surface area contributed by atoms with Crippen LogP contribution in [-0.4, -0.2) is 24.2 Å². The van der Waals surface area contributed by atoms with Crippen LogP contribution >= 0.6 is 0 Å². The van der Waals surface area contributed by atoms with Crippen molar-refractivity contribution in [3.63, 3.8) is 0 Å². The molecule has 0 aromatic heterocycles. The minimum atomic E-state index is -0.393. The third kappa shape index (κ3) is 4.95. The van der Waals surface area contributed by atoms with E-state index in [4.69, 9.17) is 5.11 Å². The fourth-order valence-corrected chi connectivity index (χ4v) is 1.58. The molecule has 0 spiro atoms. The van der Waals surface area contributed by atoms with Crippen LogP contribution in [0.15, 0.2) is 18.2 Å². The molecule has 0 heterocycles. The molecule has 0 fully saturated rings. The highest BCUT2D eigenvalue weighted by Crippen LogP contribution is 2.08. The molecule has 1 aromatic carbocycles. The Kier molecular flexibility index (Phi) is 5.63. The Balaban J connectivity index is 2.41. The zero-order valence-corrected chi connectivity index (χ0v) is 10.0. The molecule has 0 aliphatic heterocycles. The van der Waals surface area contributed by atoms with Crippen molar-refractivity contribution in [3.8, 4) is 0 Å². The first-order valence-corrected chi connectivity index (χ1v) is 5.79. The van der Waals surface area contributed by atoms with Crippen LogP contribution in [0.2, 0.25) is 0 Å². The SMILES string of the molecule is Cc1cc(F)cc(C(=O)NCCCCCO)c1. The average Bonchev–Trinajstić information content (AvgIpc) is 2.27. The summed E-state index contributed by atoms with van der Waals surface area (Å²) in [7, 11) is 0. The van der Waals surface area contributed by atoms with Gasteiger partial charge < -0.3 is 10.4 Å². The summed E-state index contributed by atoms with van der Waals surface area (Å²) in [6, 6.07) is 4.28. The highest BCUT2D eigenvalue weighted by Gasteiger charge is 2.06. The molecule has 17 heavy (non-hydrogen) atoms. The van der Waals surface area contributed by atoms with Gasteiger partial charge in [0.2, 0.25) is 0 Å². The van der Waals surface area contributed by atoms with E-state index in [1.54, 1.807) is 13.0 Å². The summed E-state index contributed by atoms with van der Waals surface area (Å²) < 4.78 is 13.1. The fraction of sp³-hybridized carbons (Fsp3) is 0.462. The molecule has 1 amide bonds. The van der Waals surface area contributed by atoms with Gasteiger partial charge in [-0.2, -0.15) is 0 Å². The maximum absolute atomic E-state index is 13.1. The number of amides is 1. The third-order valence-corrected chi connectivity index (χ3v) is 2.42. The number of aliphatic hydroxyl groups excluding tert-OH is 1. The molecule has 0 atom stereocenters. The number of rotatable bonds is 6. The lowest BCUT2D eigenvalue weighted by Crippen LogP contribution is -2.24. The Labute approximate surface area is 101 Å². The topological polar surface area (TPSA) is 49.3 Å². The van der Waals surface area contributed by atoms with Gasteiger partial charge in [-0.25, -0.2) is 4.39 Å². The van der Waals surface area contributed by atoms with Crippen molar-refractivity contribution in [2.24, 2.45) is 0 Å². The van der Waals surface area contributed by atoms with Crippen LogP contribution in [-0.2, 0) is 0 Å². The van der Waals surface area contributed by atoms with E-state index in [1.807, 2.05) is 0 Å². The van der Waals surface area contributed by atoms with Gasteiger partial charge in [-0.05, 0) is 49.9 Å². The van der Waals surface area contributed by atoms with Crippen LogP contribution < -0.4 is 5.32 Å². The monoisotopic (exact) mass is 239 g/mol. The summed E-state index contributed by atoms with van der Waals surface area (Å²) in [5, 5.41) is 11.3. The standard InChI is InChI=1S/C13H18FNO2/c1-10-7-11(9-12(14)8-10)13(17)15-5-3-2-4-6-16/h7-9,16H,2-6H2,1H3,(H,15,17). The van der Waals surface area contributed by atoms with Crippen molar-refractivity contribution in [2.45, 2.75) is 26.2 Å². The second kappa shape index (κ2) is 7.01. The highest BCUT2D eigenvalue weighted by molar-refractivity contribution is 5.94. The molecule has 0 radical (unpaired) electrons. The Morgan fingerprint density at radius 1 is 1.29 bits per heavy atom. The first-order chi connectivity index (χ1) is 8.13. The third-order valence-electron chi connectivity index (χ3n) is 2.42. The normalized spacial score (nSPS) is 10.3. The number of carbonyl (C=O) groups is 1. The van der Waals surface area contributed by atoms with Crippen LogP contribution in [0, 0.1) is 12.7 Å². The average molecular weight is 239 g/mol. The van der Waals surface area contributed by atoms with Gasteiger partial charge in [-0.15, -0.1) is 0 Å². The van der Waals surface area contributed by atoms with E-state index in [9.17, 15) is 9.18 Å². The van der Waals surface area contributed by atoms with Gasteiger partial charge >= 0.3 is 0 Å². The molecule has 0 saturated heterocycles. The van der Waals surface area contributed by atoms with Gasteiger partial charge in [0.05, 0.1) is 0 Å². The Bertz CT molecular complexity index is 359. The van der Waals surface area contributed by atoms with E-state index in [0.717, 1.165) is 24.8 Å². The van der Waals surface area contributed by atoms with Gasteiger partial charge in [-0.1, -0.05) is 0 Å². The molecule has 0 aliphatic carbocycles.